The minimum Gasteiger partial charge on any atom is -0.348 e. The molecule has 2 saturated carbocycles. The number of hydrogen-bond donors (Lipinski definition) is 0. The summed E-state index contributed by atoms with van der Waals surface area (Å²) in [6.07, 6.45) is 8.10. The lowest BCUT2D eigenvalue weighted by Crippen LogP contribution is -2.51. The number of rotatable bonds is 3. The van der Waals surface area contributed by atoms with Gasteiger partial charge in [0.1, 0.15) is 5.78 Å². The van der Waals surface area contributed by atoms with Crippen molar-refractivity contribution < 1.29 is 14.3 Å². The summed E-state index contributed by atoms with van der Waals surface area (Å²) in [4.78, 5) is 12.7. The molecule has 1 aliphatic heterocycles. The summed E-state index contributed by atoms with van der Waals surface area (Å²) in [7, 11) is 0. The normalized spacial score (nSPS) is 36.5. The third-order valence-electron chi connectivity index (χ3n) is 5.78. The Kier molecular flexibility index (Phi) is 3.93. The summed E-state index contributed by atoms with van der Waals surface area (Å²) >= 11 is 0. The van der Waals surface area contributed by atoms with Crippen LogP contribution in [0.25, 0.3) is 0 Å². The summed E-state index contributed by atoms with van der Waals surface area (Å²) < 4.78 is 11.8. The number of Topliss-reactive ketones (excluding diaryl/α,β-unsaturated/α-hetero) is 1. The van der Waals surface area contributed by atoms with Gasteiger partial charge < -0.3 is 9.47 Å². The second-order valence-electron chi connectivity index (χ2n) is 7.41. The van der Waals surface area contributed by atoms with Gasteiger partial charge in [-0.25, -0.2) is 0 Å². The quantitative estimate of drug-likeness (QED) is 0.790. The molecule has 1 spiro atoms. The van der Waals surface area contributed by atoms with Crippen LogP contribution in [-0.2, 0) is 14.3 Å². The molecule has 1 saturated heterocycles. The molecule has 20 heavy (non-hydrogen) atoms. The van der Waals surface area contributed by atoms with Gasteiger partial charge in [-0.05, 0) is 37.5 Å². The molecule has 0 bridgehead atoms. The number of ether oxygens (including phenoxy) is 2. The van der Waals surface area contributed by atoms with Gasteiger partial charge in [0, 0.05) is 24.7 Å². The van der Waals surface area contributed by atoms with Gasteiger partial charge in [-0.2, -0.15) is 0 Å². The van der Waals surface area contributed by atoms with Gasteiger partial charge in [-0.1, -0.05) is 20.3 Å². The van der Waals surface area contributed by atoms with Crippen LogP contribution in [0.3, 0.4) is 0 Å². The molecule has 2 atom stereocenters. The molecule has 0 aromatic heterocycles. The number of carbonyl (C=O) groups is 1. The molecular weight excluding hydrogens is 252 g/mol. The average molecular weight is 280 g/mol. The minimum absolute atomic E-state index is 0.0525. The van der Waals surface area contributed by atoms with Crippen LogP contribution in [0.2, 0.25) is 0 Å². The largest absolute Gasteiger partial charge is 0.348 e. The topological polar surface area (TPSA) is 35.5 Å². The predicted octanol–water partition coefficient (Wildman–Crippen LogP) is 3.71. The van der Waals surface area contributed by atoms with Crippen LogP contribution in [0.15, 0.2) is 0 Å². The Hall–Kier alpha value is -0.410. The Balaban J connectivity index is 1.78. The zero-order valence-electron chi connectivity index (χ0n) is 13.0. The van der Waals surface area contributed by atoms with E-state index in [0.29, 0.717) is 17.6 Å². The van der Waals surface area contributed by atoms with Gasteiger partial charge in [-0.3, -0.25) is 4.79 Å². The van der Waals surface area contributed by atoms with E-state index < -0.39 is 0 Å². The summed E-state index contributed by atoms with van der Waals surface area (Å²) in [6, 6.07) is 0. The van der Waals surface area contributed by atoms with Crippen molar-refractivity contribution >= 4 is 5.78 Å². The fourth-order valence-electron chi connectivity index (χ4n) is 4.57. The molecule has 3 heteroatoms. The fraction of sp³-hybridized carbons (Fsp3) is 0.941. The maximum atomic E-state index is 12.7. The zero-order chi connectivity index (χ0) is 14.2. The third kappa shape index (κ3) is 2.43. The Morgan fingerprint density at radius 3 is 2.70 bits per heavy atom. The van der Waals surface area contributed by atoms with Crippen LogP contribution in [-0.4, -0.2) is 24.8 Å². The van der Waals surface area contributed by atoms with Gasteiger partial charge in [0.25, 0.3) is 0 Å². The second kappa shape index (κ2) is 5.42. The molecule has 3 rings (SSSR count). The van der Waals surface area contributed by atoms with E-state index in [1.165, 1.54) is 6.42 Å². The van der Waals surface area contributed by atoms with E-state index in [1.54, 1.807) is 0 Å². The van der Waals surface area contributed by atoms with Crippen molar-refractivity contribution in [2.75, 3.05) is 13.2 Å². The third-order valence-corrected chi connectivity index (χ3v) is 5.78. The van der Waals surface area contributed by atoms with E-state index in [4.69, 9.17) is 9.47 Å². The number of ketones is 1. The molecule has 0 aromatic carbocycles. The smallest absolute Gasteiger partial charge is 0.168 e. The Labute approximate surface area is 122 Å². The predicted molar refractivity (Wildman–Crippen MR) is 77.3 cm³/mol. The average Bonchev–Trinajstić information content (AvgIpc) is 2.86. The summed E-state index contributed by atoms with van der Waals surface area (Å²) in [5.74, 6) is 1.34. The summed E-state index contributed by atoms with van der Waals surface area (Å²) in [6.45, 7) is 5.96. The van der Waals surface area contributed by atoms with Crippen LogP contribution >= 0.6 is 0 Å². The van der Waals surface area contributed by atoms with Crippen LogP contribution in [0.5, 0.6) is 0 Å². The molecule has 0 N–H and O–H groups in total. The molecule has 3 fully saturated rings. The van der Waals surface area contributed by atoms with Gasteiger partial charge in [0.05, 0.1) is 13.2 Å². The van der Waals surface area contributed by atoms with E-state index in [9.17, 15) is 4.79 Å². The number of fused-ring (bicyclic) bond motifs is 1. The highest BCUT2D eigenvalue weighted by atomic mass is 16.7. The van der Waals surface area contributed by atoms with E-state index in [2.05, 4.69) is 13.8 Å². The van der Waals surface area contributed by atoms with Crippen LogP contribution < -0.4 is 0 Å². The van der Waals surface area contributed by atoms with Crippen LogP contribution in [0.1, 0.15) is 65.2 Å². The SMILES string of the molecule is CC(C)CC[C@@]12CCC3(C[C@H]1CCCC2=O)OCCO3. The summed E-state index contributed by atoms with van der Waals surface area (Å²) in [5.41, 5.74) is -0.0525. The minimum atomic E-state index is -0.344. The van der Waals surface area contributed by atoms with Crippen LogP contribution in [0.4, 0.5) is 0 Å². The zero-order valence-corrected chi connectivity index (χ0v) is 13.0. The molecule has 3 nitrogen and oxygen atoms in total. The lowest BCUT2D eigenvalue weighted by atomic mass is 9.55. The summed E-state index contributed by atoms with van der Waals surface area (Å²) in [5, 5.41) is 0. The first-order chi connectivity index (χ1) is 9.56. The monoisotopic (exact) mass is 280 g/mol. The molecule has 3 aliphatic rings. The molecular formula is C17H28O3. The van der Waals surface area contributed by atoms with Crippen molar-refractivity contribution in [1.29, 1.82) is 0 Å². The molecule has 114 valence electrons. The molecule has 2 aliphatic carbocycles. The molecule has 1 heterocycles. The second-order valence-corrected chi connectivity index (χ2v) is 7.41. The first kappa shape index (κ1) is 14.5. The van der Waals surface area contributed by atoms with Crippen molar-refractivity contribution in [3.05, 3.63) is 0 Å². The van der Waals surface area contributed by atoms with Crippen LogP contribution in [0, 0.1) is 17.3 Å². The van der Waals surface area contributed by atoms with Crippen molar-refractivity contribution in [3.8, 4) is 0 Å². The van der Waals surface area contributed by atoms with Crippen molar-refractivity contribution in [2.24, 2.45) is 17.3 Å². The Bertz CT molecular complexity index is 370. The van der Waals surface area contributed by atoms with Crippen molar-refractivity contribution in [3.63, 3.8) is 0 Å². The number of hydrogen-bond acceptors (Lipinski definition) is 3. The molecule has 0 unspecified atom stereocenters. The lowest BCUT2D eigenvalue weighted by Gasteiger charge is -2.51. The molecule has 0 aromatic rings. The first-order valence-corrected chi connectivity index (χ1v) is 8.38. The van der Waals surface area contributed by atoms with Gasteiger partial charge in [0.2, 0.25) is 0 Å². The van der Waals surface area contributed by atoms with Gasteiger partial charge in [0.15, 0.2) is 5.79 Å². The van der Waals surface area contributed by atoms with E-state index in [1.807, 2.05) is 0 Å². The highest BCUT2D eigenvalue weighted by molar-refractivity contribution is 5.86. The van der Waals surface area contributed by atoms with Crippen molar-refractivity contribution in [1.82, 2.24) is 0 Å². The Morgan fingerprint density at radius 2 is 2.00 bits per heavy atom. The van der Waals surface area contributed by atoms with E-state index in [0.717, 1.165) is 58.2 Å². The van der Waals surface area contributed by atoms with Crippen molar-refractivity contribution in [2.45, 2.75) is 71.0 Å². The van der Waals surface area contributed by atoms with E-state index >= 15 is 0 Å². The molecule has 0 radical (unpaired) electrons. The van der Waals surface area contributed by atoms with Gasteiger partial charge in [-0.15, -0.1) is 0 Å². The lowest BCUT2D eigenvalue weighted by molar-refractivity contribution is -0.212. The maximum absolute atomic E-state index is 12.7. The standard InChI is InChI=1S/C17H28O3/c1-13(2)6-7-16-8-9-17(19-10-11-20-17)12-14(16)4-3-5-15(16)18/h13-14H,3-12H2,1-2H3/t14-,16-/m1/s1. The Morgan fingerprint density at radius 1 is 1.25 bits per heavy atom. The maximum Gasteiger partial charge on any atom is 0.168 e. The fourth-order valence-corrected chi connectivity index (χ4v) is 4.57. The molecule has 0 amide bonds. The van der Waals surface area contributed by atoms with E-state index in [-0.39, 0.29) is 11.2 Å². The van der Waals surface area contributed by atoms with Gasteiger partial charge >= 0.3 is 0 Å². The highest BCUT2D eigenvalue weighted by Crippen LogP contribution is 2.55. The first-order valence-electron chi connectivity index (χ1n) is 8.38. The highest BCUT2D eigenvalue weighted by Gasteiger charge is 2.55. The number of carbonyl (C=O) groups excluding carboxylic acids is 1.